The Kier molecular flexibility index (Phi) is 5.67. The molecule has 1 aliphatic rings. The lowest BCUT2D eigenvalue weighted by Gasteiger charge is -2.20. The number of pyridine rings is 1. The van der Waals surface area contributed by atoms with Gasteiger partial charge in [0.05, 0.1) is 24.0 Å². The number of likely N-dealkylation sites (tertiary alicyclic amines) is 1. The van der Waals surface area contributed by atoms with Gasteiger partial charge in [0.25, 0.3) is 5.69 Å². The van der Waals surface area contributed by atoms with Crippen LogP contribution in [-0.4, -0.2) is 40.5 Å². The molecular weight excluding hydrogens is 284 g/mol. The topological polar surface area (TPSA) is 92.3 Å². The van der Waals surface area contributed by atoms with Gasteiger partial charge in [-0.1, -0.05) is 0 Å². The van der Waals surface area contributed by atoms with Gasteiger partial charge in [0.15, 0.2) is 0 Å². The average molecular weight is 304 g/mol. The highest BCUT2D eigenvalue weighted by molar-refractivity contribution is 5.39. The lowest BCUT2D eigenvalue weighted by Crippen LogP contribution is -2.28. The van der Waals surface area contributed by atoms with Crippen LogP contribution in [0.2, 0.25) is 0 Å². The van der Waals surface area contributed by atoms with E-state index in [0.29, 0.717) is 18.5 Å². The average Bonchev–Trinajstić information content (AvgIpc) is 2.89. The van der Waals surface area contributed by atoms with Gasteiger partial charge in [-0.2, -0.15) is 5.26 Å². The molecule has 1 saturated heterocycles. The van der Waals surface area contributed by atoms with Crippen LogP contribution < -0.4 is 4.74 Å². The molecule has 0 aromatic carbocycles. The third-order valence-corrected chi connectivity index (χ3v) is 3.90. The Balaban J connectivity index is 1.86. The van der Waals surface area contributed by atoms with Crippen molar-refractivity contribution in [2.24, 2.45) is 0 Å². The van der Waals surface area contributed by atoms with E-state index in [0.717, 1.165) is 19.5 Å². The van der Waals surface area contributed by atoms with E-state index in [1.54, 1.807) is 0 Å². The van der Waals surface area contributed by atoms with E-state index in [9.17, 15) is 10.1 Å². The van der Waals surface area contributed by atoms with Crippen molar-refractivity contribution in [1.82, 2.24) is 9.88 Å². The molecule has 1 atom stereocenters. The van der Waals surface area contributed by atoms with Gasteiger partial charge in [-0.3, -0.25) is 10.1 Å². The summed E-state index contributed by atoms with van der Waals surface area (Å²) in [7, 11) is 0. The summed E-state index contributed by atoms with van der Waals surface area (Å²) in [5.74, 6) is 0.338. The Hall–Kier alpha value is -2.20. The quantitative estimate of drug-likeness (QED) is 0.436. The molecule has 1 aromatic heterocycles. The summed E-state index contributed by atoms with van der Waals surface area (Å²) < 4.78 is 5.55. The van der Waals surface area contributed by atoms with Crippen molar-refractivity contribution in [3.05, 3.63) is 27.9 Å². The summed E-state index contributed by atoms with van der Waals surface area (Å²) in [6.07, 6.45) is 3.29. The molecule has 2 heterocycles. The Bertz CT molecular complexity index is 570. The number of aromatic nitrogens is 1. The Morgan fingerprint density at radius 3 is 3.05 bits per heavy atom. The monoisotopic (exact) mass is 304 g/mol. The van der Waals surface area contributed by atoms with Gasteiger partial charge < -0.3 is 9.64 Å². The molecule has 22 heavy (non-hydrogen) atoms. The van der Waals surface area contributed by atoms with Gasteiger partial charge >= 0.3 is 0 Å². The number of nitriles is 1. The van der Waals surface area contributed by atoms with Crippen LogP contribution in [0.3, 0.4) is 0 Å². The molecule has 1 aliphatic heterocycles. The minimum atomic E-state index is -0.530. The van der Waals surface area contributed by atoms with Gasteiger partial charge in [-0.05, 0) is 32.7 Å². The fourth-order valence-corrected chi connectivity index (χ4v) is 2.69. The van der Waals surface area contributed by atoms with Gasteiger partial charge in [-0.15, -0.1) is 0 Å². The zero-order chi connectivity index (χ0) is 15.9. The highest BCUT2D eigenvalue weighted by Crippen LogP contribution is 2.21. The Labute approximate surface area is 129 Å². The van der Waals surface area contributed by atoms with Crippen LogP contribution in [0.1, 0.15) is 31.9 Å². The van der Waals surface area contributed by atoms with Gasteiger partial charge in [0.1, 0.15) is 5.69 Å². The number of rotatable bonds is 7. The first-order chi connectivity index (χ1) is 10.6. The van der Waals surface area contributed by atoms with Crippen molar-refractivity contribution in [2.75, 3.05) is 19.7 Å². The third kappa shape index (κ3) is 4.15. The number of nitro groups is 1. The van der Waals surface area contributed by atoms with Crippen LogP contribution in [-0.2, 0) is 6.42 Å². The van der Waals surface area contributed by atoms with Crippen LogP contribution in [0.25, 0.3) is 0 Å². The van der Waals surface area contributed by atoms with Gasteiger partial charge in [0.2, 0.25) is 5.88 Å². The molecular formula is C15H20N4O3. The molecule has 1 fully saturated rings. The van der Waals surface area contributed by atoms with E-state index < -0.39 is 4.92 Å². The summed E-state index contributed by atoms with van der Waals surface area (Å²) in [5, 5.41) is 19.6. The van der Waals surface area contributed by atoms with Crippen molar-refractivity contribution < 1.29 is 9.66 Å². The molecule has 0 saturated carbocycles. The third-order valence-electron chi connectivity index (χ3n) is 3.90. The van der Waals surface area contributed by atoms with E-state index in [4.69, 9.17) is 10.00 Å². The first-order valence-corrected chi connectivity index (χ1v) is 7.50. The molecule has 2 rings (SSSR count). The second kappa shape index (κ2) is 7.71. The van der Waals surface area contributed by atoms with Crippen LogP contribution in [0.4, 0.5) is 5.69 Å². The standard InChI is InChI=1S/C15H20N4O3/c1-12-4-2-9-18(12)10-3-11-22-15-6-5-14(19(20)21)13(17-15)7-8-16/h5-6,12H,2-4,7,9-11H2,1H3/t12-/m1/s1. The van der Waals surface area contributed by atoms with Crippen molar-refractivity contribution in [2.45, 2.75) is 38.6 Å². The second-order valence-electron chi connectivity index (χ2n) is 5.44. The smallest absolute Gasteiger partial charge is 0.292 e. The SMILES string of the molecule is C[C@@H]1CCCN1CCCOc1ccc([N+](=O)[O-])c(CC#N)n1. The Morgan fingerprint density at radius 2 is 2.41 bits per heavy atom. The molecule has 0 amide bonds. The summed E-state index contributed by atoms with van der Waals surface area (Å²) in [6, 6.07) is 5.35. The first-order valence-electron chi connectivity index (χ1n) is 7.50. The zero-order valence-electron chi connectivity index (χ0n) is 12.7. The van der Waals surface area contributed by atoms with Gasteiger partial charge in [0, 0.05) is 24.7 Å². The maximum Gasteiger partial charge on any atom is 0.292 e. The second-order valence-corrected chi connectivity index (χ2v) is 5.44. The van der Waals surface area contributed by atoms with Crippen LogP contribution in [0, 0.1) is 21.4 Å². The zero-order valence-corrected chi connectivity index (χ0v) is 12.7. The molecule has 0 unspecified atom stereocenters. The highest BCUT2D eigenvalue weighted by atomic mass is 16.6. The van der Waals surface area contributed by atoms with Crippen LogP contribution in [0.15, 0.2) is 12.1 Å². The maximum absolute atomic E-state index is 10.9. The largest absolute Gasteiger partial charge is 0.478 e. The summed E-state index contributed by atoms with van der Waals surface area (Å²) in [5.41, 5.74) is 0.0120. The van der Waals surface area contributed by atoms with Crippen LogP contribution in [0.5, 0.6) is 5.88 Å². The molecule has 0 aliphatic carbocycles. The van der Waals surface area contributed by atoms with E-state index in [-0.39, 0.29) is 17.8 Å². The number of nitrogens with zero attached hydrogens (tertiary/aromatic N) is 4. The van der Waals surface area contributed by atoms with Crippen molar-refractivity contribution in [1.29, 1.82) is 5.26 Å². The molecule has 0 N–H and O–H groups in total. The summed E-state index contributed by atoms with van der Waals surface area (Å²) in [4.78, 5) is 16.8. The minimum absolute atomic E-state index is 0.0984. The molecule has 0 spiro atoms. The summed E-state index contributed by atoms with van der Waals surface area (Å²) >= 11 is 0. The highest BCUT2D eigenvalue weighted by Gasteiger charge is 2.19. The van der Waals surface area contributed by atoms with E-state index in [1.165, 1.54) is 25.0 Å². The molecule has 118 valence electrons. The van der Waals surface area contributed by atoms with Crippen molar-refractivity contribution in [3.8, 4) is 11.9 Å². The first kappa shape index (κ1) is 16.2. The molecule has 0 bridgehead atoms. The number of ether oxygens (including phenoxy) is 1. The maximum atomic E-state index is 10.9. The Morgan fingerprint density at radius 1 is 1.59 bits per heavy atom. The van der Waals surface area contributed by atoms with E-state index in [2.05, 4.69) is 16.8 Å². The lowest BCUT2D eigenvalue weighted by molar-refractivity contribution is -0.385. The van der Waals surface area contributed by atoms with Crippen molar-refractivity contribution in [3.63, 3.8) is 0 Å². The molecule has 1 aromatic rings. The van der Waals surface area contributed by atoms with Crippen molar-refractivity contribution >= 4 is 5.69 Å². The fourth-order valence-electron chi connectivity index (χ4n) is 2.69. The lowest BCUT2D eigenvalue weighted by atomic mass is 10.2. The fraction of sp³-hybridized carbons (Fsp3) is 0.600. The minimum Gasteiger partial charge on any atom is -0.478 e. The molecule has 7 heteroatoms. The van der Waals surface area contributed by atoms with E-state index in [1.807, 2.05) is 6.07 Å². The van der Waals surface area contributed by atoms with E-state index >= 15 is 0 Å². The predicted molar refractivity (Wildman–Crippen MR) is 80.6 cm³/mol. The predicted octanol–water partition coefficient (Wildman–Crippen LogP) is 2.31. The summed E-state index contributed by atoms with van der Waals surface area (Å²) in [6.45, 7) is 4.88. The molecule has 0 radical (unpaired) electrons. The van der Waals surface area contributed by atoms with Crippen LogP contribution >= 0.6 is 0 Å². The number of hydrogen-bond acceptors (Lipinski definition) is 6. The van der Waals surface area contributed by atoms with Gasteiger partial charge in [-0.25, -0.2) is 4.98 Å². The normalized spacial score (nSPS) is 18.1. The number of hydrogen-bond donors (Lipinski definition) is 0. The molecule has 7 nitrogen and oxygen atoms in total.